The molecule has 0 spiro atoms. The van der Waals surface area contributed by atoms with Crippen molar-refractivity contribution in [2.45, 2.75) is 32.7 Å². The third kappa shape index (κ3) is 5.43. The zero-order valence-corrected chi connectivity index (χ0v) is 18.7. The van der Waals surface area contributed by atoms with Crippen molar-refractivity contribution in [1.29, 1.82) is 0 Å². The number of halogens is 2. The van der Waals surface area contributed by atoms with Gasteiger partial charge in [-0.3, -0.25) is 9.59 Å². The van der Waals surface area contributed by atoms with E-state index in [4.69, 9.17) is 23.2 Å². The second-order valence-electron chi connectivity index (χ2n) is 7.47. The molecular formula is C22H26Cl2N4O2. The first kappa shape index (κ1) is 22.4. The Morgan fingerprint density at radius 2 is 1.87 bits per heavy atom. The molecule has 30 heavy (non-hydrogen) atoms. The molecule has 8 heteroatoms. The summed E-state index contributed by atoms with van der Waals surface area (Å²) in [5.74, 6) is 0.563. The normalized spacial score (nSPS) is 15.1. The molecule has 0 radical (unpaired) electrons. The highest BCUT2D eigenvalue weighted by Crippen LogP contribution is 2.23. The number of benzene rings is 1. The van der Waals surface area contributed by atoms with E-state index in [9.17, 15) is 9.59 Å². The largest absolute Gasteiger partial charge is 0.353 e. The van der Waals surface area contributed by atoms with Crippen molar-refractivity contribution in [3.8, 4) is 0 Å². The predicted molar refractivity (Wildman–Crippen MR) is 121 cm³/mol. The van der Waals surface area contributed by atoms with Crippen LogP contribution in [0.2, 0.25) is 10.0 Å². The third-order valence-corrected chi connectivity index (χ3v) is 5.72. The molecule has 3 rings (SSSR count). The minimum Gasteiger partial charge on any atom is -0.353 e. The number of carbonyl (C=O) groups is 2. The van der Waals surface area contributed by atoms with Crippen molar-refractivity contribution in [3.63, 3.8) is 0 Å². The maximum absolute atomic E-state index is 12.8. The van der Waals surface area contributed by atoms with E-state index in [1.807, 2.05) is 13.0 Å². The van der Waals surface area contributed by atoms with Gasteiger partial charge >= 0.3 is 0 Å². The molecule has 0 bridgehead atoms. The van der Waals surface area contributed by atoms with Gasteiger partial charge < -0.3 is 15.1 Å². The van der Waals surface area contributed by atoms with Gasteiger partial charge in [0.2, 0.25) is 0 Å². The van der Waals surface area contributed by atoms with Crippen LogP contribution in [0.25, 0.3) is 0 Å². The Balaban J connectivity index is 1.58. The molecule has 1 aliphatic heterocycles. The molecule has 1 N–H and O–H groups in total. The van der Waals surface area contributed by atoms with Crippen LogP contribution >= 0.6 is 23.2 Å². The molecule has 1 atom stereocenters. The van der Waals surface area contributed by atoms with Gasteiger partial charge in [-0.1, -0.05) is 36.5 Å². The monoisotopic (exact) mass is 448 g/mol. The second kappa shape index (κ2) is 10.1. The molecule has 1 fully saturated rings. The molecule has 1 aromatic carbocycles. The maximum Gasteiger partial charge on any atom is 0.255 e. The lowest BCUT2D eigenvalue weighted by atomic mass is 10.1. The highest BCUT2D eigenvalue weighted by molar-refractivity contribution is 6.35. The van der Waals surface area contributed by atoms with Gasteiger partial charge in [0.15, 0.2) is 0 Å². The number of amides is 2. The summed E-state index contributed by atoms with van der Waals surface area (Å²) in [7, 11) is 0. The van der Waals surface area contributed by atoms with Gasteiger partial charge in [-0.25, -0.2) is 4.98 Å². The Kier molecular flexibility index (Phi) is 7.56. The lowest BCUT2D eigenvalue weighted by Gasteiger charge is -2.35. The van der Waals surface area contributed by atoms with Gasteiger partial charge in [-0.05, 0) is 43.7 Å². The first-order valence-corrected chi connectivity index (χ1v) is 10.9. The van der Waals surface area contributed by atoms with E-state index in [2.05, 4.69) is 22.1 Å². The summed E-state index contributed by atoms with van der Waals surface area (Å²) in [5, 5.41) is 3.87. The minimum atomic E-state index is -0.122. The molecule has 1 unspecified atom stereocenters. The minimum absolute atomic E-state index is 0.108. The SMILES string of the molecule is CCCC(C)NC(=O)c1ccc(N2CCN(C(=O)c3cc(Cl)ccc3Cl)CC2)nc1. The van der Waals surface area contributed by atoms with Crippen LogP contribution in [0.5, 0.6) is 0 Å². The number of carbonyl (C=O) groups excluding carboxylic acids is 2. The van der Waals surface area contributed by atoms with Crippen molar-refractivity contribution in [3.05, 3.63) is 57.7 Å². The number of hydrogen-bond donors (Lipinski definition) is 1. The van der Waals surface area contributed by atoms with Gasteiger partial charge in [0.05, 0.1) is 16.1 Å². The first-order valence-electron chi connectivity index (χ1n) is 10.1. The Morgan fingerprint density at radius 3 is 2.50 bits per heavy atom. The zero-order valence-electron chi connectivity index (χ0n) is 17.2. The maximum atomic E-state index is 12.8. The van der Waals surface area contributed by atoms with E-state index in [0.29, 0.717) is 47.4 Å². The lowest BCUT2D eigenvalue weighted by Crippen LogP contribution is -2.49. The Labute approximate surface area is 187 Å². The number of hydrogen-bond acceptors (Lipinski definition) is 4. The van der Waals surface area contributed by atoms with Crippen LogP contribution in [0.15, 0.2) is 36.5 Å². The standard InChI is InChI=1S/C22H26Cl2N4O2/c1-3-4-15(2)26-21(29)16-5-8-20(25-14-16)27-9-11-28(12-10-27)22(30)18-13-17(23)6-7-19(18)24/h5-8,13-15H,3-4,9-12H2,1-2H3,(H,26,29). The highest BCUT2D eigenvalue weighted by atomic mass is 35.5. The van der Waals surface area contributed by atoms with Crippen molar-refractivity contribution >= 4 is 40.8 Å². The molecule has 1 aliphatic rings. The summed E-state index contributed by atoms with van der Waals surface area (Å²) in [4.78, 5) is 33.4. The topological polar surface area (TPSA) is 65.5 Å². The number of rotatable bonds is 6. The fourth-order valence-electron chi connectivity index (χ4n) is 3.49. The zero-order chi connectivity index (χ0) is 21.7. The van der Waals surface area contributed by atoms with Gasteiger partial charge in [0.1, 0.15) is 5.82 Å². The number of nitrogens with zero attached hydrogens (tertiary/aromatic N) is 3. The molecule has 2 amide bonds. The Morgan fingerprint density at radius 1 is 1.13 bits per heavy atom. The Bertz CT molecular complexity index is 897. The number of aromatic nitrogens is 1. The highest BCUT2D eigenvalue weighted by Gasteiger charge is 2.24. The fourth-order valence-corrected chi connectivity index (χ4v) is 3.86. The summed E-state index contributed by atoms with van der Waals surface area (Å²) < 4.78 is 0. The smallest absolute Gasteiger partial charge is 0.255 e. The number of anilines is 1. The van der Waals surface area contributed by atoms with E-state index in [0.717, 1.165) is 18.7 Å². The van der Waals surface area contributed by atoms with Crippen LogP contribution in [0.3, 0.4) is 0 Å². The summed E-state index contributed by atoms with van der Waals surface area (Å²) in [6, 6.07) is 8.69. The molecule has 6 nitrogen and oxygen atoms in total. The summed E-state index contributed by atoms with van der Waals surface area (Å²) in [5.41, 5.74) is 0.967. The molecule has 2 heterocycles. The molecule has 2 aromatic rings. The molecule has 1 saturated heterocycles. The number of pyridine rings is 1. The fraction of sp³-hybridized carbons (Fsp3) is 0.409. The van der Waals surface area contributed by atoms with E-state index < -0.39 is 0 Å². The summed E-state index contributed by atoms with van der Waals surface area (Å²) >= 11 is 12.2. The average Bonchev–Trinajstić information content (AvgIpc) is 2.75. The van der Waals surface area contributed by atoms with Crippen molar-refractivity contribution in [2.75, 3.05) is 31.1 Å². The quantitative estimate of drug-likeness (QED) is 0.716. The van der Waals surface area contributed by atoms with E-state index in [-0.39, 0.29) is 17.9 Å². The van der Waals surface area contributed by atoms with E-state index in [1.165, 1.54) is 0 Å². The van der Waals surface area contributed by atoms with Crippen LogP contribution in [-0.2, 0) is 0 Å². The van der Waals surface area contributed by atoms with Gasteiger partial charge in [-0.2, -0.15) is 0 Å². The van der Waals surface area contributed by atoms with Gasteiger partial charge in [0, 0.05) is 43.4 Å². The summed E-state index contributed by atoms with van der Waals surface area (Å²) in [6.45, 7) is 6.50. The Hall–Kier alpha value is -2.31. The van der Waals surface area contributed by atoms with Gasteiger partial charge in [-0.15, -0.1) is 0 Å². The molecule has 0 saturated carbocycles. The van der Waals surface area contributed by atoms with E-state index in [1.54, 1.807) is 35.4 Å². The second-order valence-corrected chi connectivity index (χ2v) is 8.32. The molecule has 160 valence electrons. The lowest BCUT2D eigenvalue weighted by molar-refractivity contribution is 0.0746. The van der Waals surface area contributed by atoms with Crippen LogP contribution in [-0.4, -0.2) is 53.9 Å². The molecule has 0 aliphatic carbocycles. The van der Waals surface area contributed by atoms with E-state index >= 15 is 0 Å². The van der Waals surface area contributed by atoms with Crippen LogP contribution < -0.4 is 10.2 Å². The molecular weight excluding hydrogens is 423 g/mol. The average molecular weight is 449 g/mol. The van der Waals surface area contributed by atoms with Crippen molar-refractivity contribution in [1.82, 2.24) is 15.2 Å². The van der Waals surface area contributed by atoms with Crippen LogP contribution in [0, 0.1) is 0 Å². The molecule has 1 aromatic heterocycles. The van der Waals surface area contributed by atoms with Crippen LogP contribution in [0.4, 0.5) is 5.82 Å². The number of piperazine rings is 1. The van der Waals surface area contributed by atoms with Crippen LogP contribution in [0.1, 0.15) is 47.4 Å². The van der Waals surface area contributed by atoms with Crippen molar-refractivity contribution < 1.29 is 9.59 Å². The predicted octanol–water partition coefficient (Wildman–Crippen LogP) is 4.27. The number of nitrogens with one attached hydrogen (secondary N) is 1. The van der Waals surface area contributed by atoms with Gasteiger partial charge in [0.25, 0.3) is 11.8 Å². The third-order valence-electron chi connectivity index (χ3n) is 5.16. The van der Waals surface area contributed by atoms with Crippen molar-refractivity contribution in [2.24, 2.45) is 0 Å². The summed E-state index contributed by atoms with van der Waals surface area (Å²) in [6.07, 6.45) is 3.57. The first-order chi connectivity index (χ1) is 14.4.